The number of nitrogens with two attached hydrogens (primary N) is 1. The van der Waals surface area contributed by atoms with Crippen molar-refractivity contribution in [1.29, 1.82) is 0 Å². The SMILES string of the molecule is CCN(Cc1cncc(F)c1)C1(CN)CCC(C)CC1. The summed E-state index contributed by atoms with van der Waals surface area (Å²) < 4.78 is 13.3. The molecule has 1 aromatic heterocycles. The van der Waals surface area contributed by atoms with Crippen molar-refractivity contribution in [1.82, 2.24) is 9.88 Å². The Bertz CT molecular complexity index is 427. The molecule has 0 saturated heterocycles. The van der Waals surface area contributed by atoms with E-state index in [1.807, 2.05) is 0 Å². The van der Waals surface area contributed by atoms with Crippen LogP contribution in [-0.2, 0) is 6.54 Å². The minimum absolute atomic E-state index is 0.0770. The van der Waals surface area contributed by atoms with Gasteiger partial charge in [0.05, 0.1) is 6.20 Å². The molecule has 0 atom stereocenters. The quantitative estimate of drug-likeness (QED) is 0.901. The number of hydrogen-bond donors (Lipinski definition) is 1. The maximum Gasteiger partial charge on any atom is 0.141 e. The number of aromatic nitrogens is 1. The molecule has 1 saturated carbocycles. The van der Waals surface area contributed by atoms with Gasteiger partial charge in [-0.3, -0.25) is 9.88 Å². The lowest BCUT2D eigenvalue weighted by Crippen LogP contribution is -2.55. The molecule has 1 aromatic rings. The molecule has 3 nitrogen and oxygen atoms in total. The Morgan fingerprint density at radius 1 is 1.40 bits per heavy atom. The summed E-state index contributed by atoms with van der Waals surface area (Å²) in [5, 5.41) is 0. The summed E-state index contributed by atoms with van der Waals surface area (Å²) in [6, 6.07) is 1.57. The Balaban J connectivity index is 2.13. The van der Waals surface area contributed by atoms with Crippen LogP contribution in [-0.4, -0.2) is 28.5 Å². The van der Waals surface area contributed by atoms with E-state index in [1.165, 1.54) is 19.0 Å². The fourth-order valence-corrected chi connectivity index (χ4v) is 3.33. The molecular formula is C16H26FN3. The lowest BCUT2D eigenvalue weighted by molar-refractivity contribution is 0.0422. The average molecular weight is 279 g/mol. The lowest BCUT2D eigenvalue weighted by Gasteiger charge is -2.47. The van der Waals surface area contributed by atoms with Gasteiger partial charge < -0.3 is 5.73 Å². The number of pyridine rings is 1. The van der Waals surface area contributed by atoms with Crippen LogP contribution in [0, 0.1) is 11.7 Å². The first-order valence-corrected chi connectivity index (χ1v) is 7.64. The Labute approximate surface area is 121 Å². The second kappa shape index (κ2) is 6.64. The third kappa shape index (κ3) is 3.36. The molecule has 1 heterocycles. The van der Waals surface area contributed by atoms with Gasteiger partial charge in [0.25, 0.3) is 0 Å². The summed E-state index contributed by atoms with van der Waals surface area (Å²) in [7, 11) is 0. The van der Waals surface area contributed by atoms with Crippen LogP contribution in [0.15, 0.2) is 18.5 Å². The van der Waals surface area contributed by atoms with Crippen LogP contribution in [0.3, 0.4) is 0 Å². The summed E-state index contributed by atoms with van der Waals surface area (Å²) in [4.78, 5) is 6.36. The highest BCUT2D eigenvalue weighted by Gasteiger charge is 2.37. The molecule has 0 aliphatic heterocycles. The van der Waals surface area contributed by atoms with E-state index in [9.17, 15) is 4.39 Å². The van der Waals surface area contributed by atoms with Crippen LogP contribution in [0.25, 0.3) is 0 Å². The monoisotopic (exact) mass is 279 g/mol. The zero-order chi connectivity index (χ0) is 14.6. The predicted molar refractivity (Wildman–Crippen MR) is 79.7 cm³/mol. The van der Waals surface area contributed by atoms with Crippen LogP contribution in [0.2, 0.25) is 0 Å². The Kier molecular flexibility index (Phi) is 5.11. The van der Waals surface area contributed by atoms with Crippen molar-refractivity contribution >= 4 is 0 Å². The van der Waals surface area contributed by atoms with E-state index < -0.39 is 0 Å². The van der Waals surface area contributed by atoms with Gasteiger partial charge in [0, 0.05) is 24.8 Å². The van der Waals surface area contributed by atoms with Crippen molar-refractivity contribution in [2.45, 2.75) is 51.6 Å². The maximum absolute atomic E-state index is 13.3. The molecule has 0 amide bonds. The van der Waals surface area contributed by atoms with Gasteiger partial charge in [-0.15, -0.1) is 0 Å². The molecule has 1 aliphatic carbocycles. The highest BCUT2D eigenvalue weighted by molar-refractivity contribution is 5.11. The predicted octanol–water partition coefficient (Wildman–Crippen LogP) is 2.95. The molecule has 20 heavy (non-hydrogen) atoms. The minimum Gasteiger partial charge on any atom is -0.329 e. The molecule has 0 bridgehead atoms. The number of nitrogens with zero attached hydrogens (tertiary/aromatic N) is 2. The smallest absolute Gasteiger partial charge is 0.141 e. The summed E-state index contributed by atoms with van der Waals surface area (Å²) in [6.45, 7) is 6.81. The first kappa shape index (κ1) is 15.4. The molecule has 0 aromatic carbocycles. The first-order chi connectivity index (χ1) is 9.59. The van der Waals surface area contributed by atoms with Crippen LogP contribution in [0.4, 0.5) is 4.39 Å². The van der Waals surface area contributed by atoms with E-state index in [0.29, 0.717) is 6.54 Å². The second-order valence-electron chi connectivity index (χ2n) is 6.14. The summed E-state index contributed by atoms with van der Waals surface area (Å²) >= 11 is 0. The van der Waals surface area contributed by atoms with E-state index in [4.69, 9.17) is 5.73 Å². The largest absolute Gasteiger partial charge is 0.329 e. The van der Waals surface area contributed by atoms with Gasteiger partial charge in [-0.05, 0) is 49.8 Å². The van der Waals surface area contributed by atoms with Gasteiger partial charge in [0.15, 0.2) is 0 Å². The molecule has 2 rings (SSSR count). The fourth-order valence-electron chi connectivity index (χ4n) is 3.33. The average Bonchev–Trinajstić information content (AvgIpc) is 2.46. The van der Waals surface area contributed by atoms with Crippen molar-refractivity contribution in [3.05, 3.63) is 29.8 Å². The summed E-state index contributed by atoms with van der Waals surface area (Å²) in [5.74, 6) is 0.529. The Morgan fingerprint density at radius 2 is 2.10 bits per heavy atom. The maximum atomic E-state index is 13.3. The van der Waals surface area contributed by atoms with Crippen molar-refractivity contribution in [3.63, 3.8) is 0 Å². The Morgan fingerprint density at radius 3 is 2.65 bits per heavy atom. The van der Waals surface area contributed by atoms with E-state index >= 15 is 0 Å². The zero-order valence-electron chi connectivity index (χ0n) is 12.6. The van der Waals surface area contributed by atoms with E-state index in [0.717, 1.165) is 37.4 Å². The number of rotatable bonds is 5. The first-order valence-electron chi connectivity index (χ1n) is 7.64. The number of likely N-dealkylation sites (N-methyl/N-ethyl adjacent to an activating group) is 1. The van der Waals surface area contributed by atoms with Crippen LogP contribution in [0.5, 0.6) is 0 Å². The van der Waals surface area contributed by atoms with E-state index in [1.54, 1.807) is 12.3 Å². The van der Waals surface area contributed by atoms with Gasteiger partial charge >= 0.3 is 0 Å². The molecule has 112 valence electrons. The third-order valence-electron chi connectivity index (χ3n) is 4.77. The fraction of sp³-hybridized carbons (Fsp3) is 0.688. The normalized spacial score (nSPS) is 26.9. The van der Waals surface area contributed by atoms with Gasteiger partial charge in [0.2, 0.25) is 0 Å². The van der Waals surface area contributed by atoms with E-state index in [2.05, 4.69) is 23.7 Å². The molecule has 1 fully saturated rings. The van der Waals surface area contributed by atoms with Gasteiger partial charge in [-0.2, -0.15) is 0 Å². The summed E-state index contributed by atoms with van der Waals surface area (Å²) in [5.41, 5.74) is 7.12. The van der Waals surface area contributed by atoms with Crippen molar-refractivity contribution in [2.24, 2.45) is 11.7 Å². The van der Waals surface area contributed by atoms with Gasteiger partial charge in [-0.1, -0.05) is 13.8 Å². The van der Waals surface area contributed by atoms with Gasteiger partial charge in [-0.25, -0.2) is 4.39 Å². The Hall–Kier alpha value is -1.00. The molecule has 2 N–H and O–H groups in total. The molecular weight excluding hydrogens is 253 g/mol. The highest BCUT2D eigenvalue weighted by Crippen LogP contribution is 2.36. The zero-order valence-corrected chi connectivity index (χ0v) is 12.6. The van der Waals surface area contributed by atoms with Crippen molar-refractivity contribution in [2.75, 3.05) is 13.1 Å². The van der Waals surface area contributed by atoms with Gasteiger partial charge in [0.1, 0.15) is 5.82 Å². The summed E-state index contributed by atoms with van der Waals surface area (Å²) in [6.07, 6.45) is 7.74. The molecule has 0 unspecified atom stereocenters. The highest BCUT2D eigenvalue weighted by atomic mass is 19.1. The molecule has 0 spiro atoms. The molecule has 0 radical (unpaired) electrons. The minimum atomic E-state index is -0.266. The molecule has 1 aliphatic rings. The second-order valence-corrected chi connectivity index (χ2v) is 6.14. The van der Waals surface area contributed by atoms with Crippen LogP contribution < -0.4 is 5.73 Å². The lowest BCUT2D eigenvalue weighted by atomic mass is 9.76. The van der Waals surface area contributed by atoms with Crippen LogP contribution in [0.1, 0.15) is 45.1 Å². The van der Waals surface area contributed by atoms with Crippen molar-refractivity contribution in [3.8, 4) is 0 Å². The third-order valence-corrected chi connectivity index (χ3v) is 4.77. The molecule has 4 heteroatoms. The topological polar surface area (TPSA) is 42.2 Å². The number of hydrogen-bond acceptors (Lipinski definition) is 3. The van der Waals surface area contributed by atoms with Crippen LogP contribution >= 0.6 is 0 Å². The number of halogens is 1. The van der Waals surface area contributed by atoms with E-state index in [-0.39, 0.29) is 11.4 Å². The standard InChI is InChI=1S/C16H26FN3/c1-3-20(11-14-8-15(17)10-19-9-14)16(12-18)6-4-13(2)5-7-16/h8-10,13H,3-7,11-12,18H2,1-2H3. The van der Waals surface area contributed by atoms with Crippen molar-refractivity contribution < 1.29 is 4.39 Å².